The maximum Gasteiger partial charge on any atom is 0.115 e. The van der Waals surface area contributed by atoms with Crippen molar-refractivity contribution < 1.29 is 0 Å². The van der Waals surface area contributed by atoms with Crippen LogP contribution in [0.25, 0.3) is 0 Å². The summed E-state index contributed by atoms with van der Waals surface area (Å²) in [4.78, 5) is 6.72. The molecule has 0 amide bonds. The summed E-state index contributed by atoms with van der Waals surface area (Å²) in [6, 6.07) is 1.75. The van der Waals surface area contributed by atoms with Gasteiger partial charge in [0.1, 0.15) is 5.03 Å². The van der Waals surface area contributed by atoms with Gasteiger partial charge in [0, 0.05) is 30.1 Å². The molecular weight excluding hydrogens is 295 g/mol. The van der Waals surface area contributed by atoms with Gasteiger partial charge in [-0.25, -0.2) is 4.98 Å². The zero-order chi connectivity index (χ0) is 12.1. The molecule has 0 saturated carbocycles. The van der Waals surface area contributed by atoms with Gasteiger partial charge in [-0.3, -0.25) is 4.90 Å². The average Bonchev–Trinajstić information content (AvgIpc) is 2.79. The van der Waals surface area contributed by atoms with Crippen LogP contribution in [-0.4, -0.2) is 40.4 Å². The summed E-state index contributed by atoms with van der Waals surface area (Å²) < 4.78 is 0. The van der Waals surface area contributed by atoms with E-state index in [1.807, 2.05) is 11.8 Å². The van der Waals surface area contributed by atoms with Crippen LogP contribution in [0.1, 0.15) is 6.42 Å². The van der Waals surface area contributed by atoms with Crippen molar-refractivity contribution in [1.29, 1.82) is 0 Å². The lowest BCUT2D eigenvalue weighted by atomic mass is 10.4. The molecule has 0 N–H and O–H groups in total. The minimum atomic E-state index is 0.591. The number of hydrogen-bond acceptors (Lipinski definition) is 4. The zero-order valence-electron chi connectivity index (χ0n) is 9.36. The van der Waals surface area contributed by atoms with Gasteiger partial charge < -0.3 is 0 Å². The van der Waals surface area contributed by atoms with Gasteiger partial charge in [-0.1, -0.05) is 23.2 Å². The Morgan fingerprint density at radius 3 is 3.06 bits per heavy atom. The minimum absolute atomic E-state index is 0.591. The lowest BCUT2D eigenvalue weighted by Crippen LogP contribution is -2.20. The van der Waals surface area contributed by atoms with E-state index in [-0.39, 0.29) is 0 Å². The molecule has 1 aromatic rings. The standard InChI is InChI=1S/C11H14Cl2N2S2/c12-9-6-10(13)11(14-7-9)17-4-1-2-15-3-5-16-8-15/h6-7H,1-5,8H2. The molecular formula is C11H14Cl2N2S2. The molecule has 2 rings (SSSR count). The quantitative estimate of drug-likeness (QED) is 0.606. The van der Waals surface area contributed by atoms with Gasteiger partial charge in [0.25, 0.3) is 0 Å². The van der Waals surface area contributed by atoms with E-state index in [4.69, 9.17) is 23.2 Å². The molecule has 2 nitrogen and oxygen atoms in total. The predicted octanol–water partition coefficient (Wildman–Crippen LogP) is 3.88. The number of rotatable bonds is 5. The van der Waals surface area contributed by atoms with E-state index in [1.54, 1.807) is 24.0 Å². The highest BCUT2D eigenvalue weighted by Gasteiger charge is 2.11. The van der Waals surface area contributed by atoms with Gasteiger partial charge in [0.05, 0.1) is 10.0 Å². The van der Waals surface area contributed by atoms with Crippen molar-refractivity contribution in [3.63, 3.8) is 0 Å². The summed E-state index contributed by atoms with van der Waals surface area (Å²) in [5.41, 5.74) is 0. The van der Waals surface area contributed by atoms with Crippen LogP contribution in [-0.2, 0) is 0 Å². The molecule has 0 radical (unpaired) electrons. The molecule has 2 heterocycles. The lowest BCUT2D eigenvalue weighted by Gasteiger charge is -2.12. The first kappa shape index (κ1) is 13.8. The molecule has 6 heteroatoms. The lowest BCUT2D eigenvalue weighted by molar-refractivity contribution is 0.358. The highest BCUT2D eigenvalue weighted by Crippen LogP contribution is 2.27. The third-order valence-electron chi connectivity index (χ3n) is 2.46. The van der Waals surface area contributed by atoms with E-state index in [2.05, 4.69) is 9.88 Å². The highest BCUT2D eigenvalue weighted by molar-refractivity contribution is 7.99. The van der Waals surface area contributed by atoms with Crippen LogP contribution < -0.4 is 0 Å². The van der Waals surface area contributed by atoms with E-state index in [0.717, 1.165) is 10.8 Å². The van der Waals surface area contributed by atoms with Gasteiger partial charge in [0.2, 0.25) is 0 Å². The number of nitrogens with zero attached hydrogens (tertiary/aromatic N) is 2. The molecule has 1 aliphatic rings. The monoisotopic (exact) mass is 308 g/mol. The van der Waals surface area contributed by atoms with Gasteiger partial charge in [-0.2, -0.15) is 0 Å². The number of aromatic nitrogens is 1. The van der Waals surface area contributed by atoms with Crippen molar-refractivity contribution in [2.24, 2.45) is 0 Å². The summed E-state index contributed by atoms with van der Waals surface area (Å²) in [5, 5.41) is 2.12. The van der Waals surface area contributed by atoms with Gasteiger partial charge in [-0.15, -0.1) is 23.5 Å². The Labute approximate surface area is 120 Å². The van der Waals surface area contributed by atoms with Crippen LogP contribution in [0.4, 0.5) is 0 Å². The molecule has 0 spiro atoms. The first-order chi connectivity index (χ1) is 8.25. The maximum absolute atomic E-state index is 6.05. The fourth-order valence-electron chi connectivity index (χ4n) is 1.59. The minimum Gasteiger partial charge on any atom is -0.293 e. The smallest absolute Gasteiger partial charge is 0.115 e. The molecule has 1 aromatic heterocycles. The zero-order valence-corrected chi connectivity index (χ0v) is 12.5. The molecule has 0 unspecified atom stereocenters. The predicted molar refractivity (Wildman–Crippen MR) is 78.5 cm³/mol. The van der Waals surface area contributed by atoms with Crippen molar-refractivity contribution in [2.75, 3.05) is 30.5 Å². The van der Waals surface area contributed by atoms with E-state index in [0.29, 0.717) is 10.0 Å². The molecule has 0 atom stereocenters. The second kappa shape index (κ2) is 7.10. The Morgan fingerprint density at radius 2 is 2.35 bits per heavy atom. The van der Waals surface area contributed by atoms with Crippen molar-refractivity contribution in [3.05, 3.63) is 22.3 Å². The van der Waals surface area contributed by atoms with E-state index >= 15 is 0 Å². The number of pyridine rings is 1. The first-order valence-electron chi connectivity index (χ1n) is 5.49. The molecule has 0 aromatic carbocycles. The second-order valence-corrected chi connectivity index (χ2v) is 6.80. The van der Waals surface area contributed by atoms with Gasteiger partial charge in [0.15, 0.2) is 0 Å². The number of halogens is 2. The summed E-state index contributed by atoms with van der Waals surface area (Å²) in [6.07, 6.45) is 2.82. The Kier molecular flexibility index (Phi) is 5.77. The number of hydrogen-bond donors (Lipinski definition) is 0. The van der Waals surface area contributed by atoms with Crippen LogP contribution in [0.2, 0.25) is 10.0 Å². The van der Waals surface area contributed by atoms with Gasteiger partial charge >= 0.3 is 0 Å². The van der Waals surface area contributed by atoms with Crippen LogP contribution in [0.3, 0.4) is 0 Å². The molecule has 17 heavy (non-hydrogen) atoms. The third-order valence-corrected chi connectivity index (χ3v) is 5.17. The topological polar surface area (TPSA) is 16.1 Å². The van der Waals surface area contributed by atoms with Crippen molar-refractivity contribution >= 4 is 46.7 Å². The van der Waals surface area contributed by atoms with Crippen molar-refractivity contribution in [2.45, 2.75) is 11.4 Å². The molecule has 1 fully saturated rings. The van der Waals surface area contributed by atoms with Crippen LogP contribution in [0, 0.1) is 0 Å². The molecule has 94 valence electrons. The SMILES string of the molecule is Clc1cnc(SCCCN2CCSC2)c(Cl)c1. The first-order valence-corrected chi connectivity index (χ1v) is 8.39. The van der Waals surface area contributed by atoms with E-state index in [1.165, 1.54) is 31.1 Å². The Hall–Kier alpha value is 0.390. The summed E-state index contributed by atoms with van der Waals surface area (Å²) >= 11 is 15.6. The normalized spacial score (nSPS) is 16.6. The molecule has 0 bridgehead atoms. The Bertz CT molecular complexity index is 370. The Balaban J connectivity index is 1.70. The molecule has 1 saturated heterocycles. The van der Waals surface area contributed by atoms with Crippen LogP contribution >= 0.6 is 46.7 Å². The fourth-order valence-corrected chi connectivity index (χ4v) is 3.96. The van der Waals surface area contributed by atoms with Crippen LogP contribution in [0.15, 0.2) is 17.3 Å². The third kappa shape index (κ3) is 4.52. The fraction of sp³-hybridized carbons (Fsp3) is 0.545. The largest absolute Gasteiger partial charge is 0.293 e. The highest BCUT2D eigenvalue weighted by atomic mass is 35.5. The van der Waals surface area contributed by atoms with E-state index in [9.17, 15) is 0 Å². The van der Waals surface area contributed by atoms with Crippen molar-refractivity contribution in [1.82, 2.24) is 9.88 Å². The number of thioether (sulfide) groups is 2. The summed E-state index contributed by atoms with van der Waals surface area (Å²) in [7, 11) is 0. The maximum atomic E-state index is 6.05. The van der Waals surface area contributed by atoms with Gasteiger partial charge in [-0.05, 0) is 19.0 Å². The summed E-state index contributed by atoms with van der Waals surface area (Å²) in [6.45, 7) is 2.40. The van der Waals surface area contributed by atoms with E-state index < -0.39 is 0 Å². The molecule has 1 aliphatic heterocycles. The second-order valence-electron chi connectivity index (χ2n) is 3.80. The average molecular weight is 309 g/mol. The van der Waals surface area contributed by atoms with Crippen molar-refractivity contribution in [3.8, 4) is 0 Å². The Morgan fingerprint density at radius 1 is 1.47 bits per heavy atom. The van der Waals surface area contributed by atoms with Crippen LogP contribution in [0.5, 0.6) is 0 Å². The summed E-state index contributed by atoms with van der Waals surface area (Å²) in [5.74, 6) is 3.51. The molecule has 0 aliphatic carbocycles.